The van der Waals surface area contributed by atoms with Crippen LogP contribution in [-0.4, -0.2) is 4.98 Å². The monoisotopic (exact) mass is 213 g/mol. The van der Waals surface area contributed by atoms with E-state index in [1.54, 1.807) is 6.20 Å². The number of nitrogens with zero attached hydrogens (tertiary/aromatic N) is 1. The molecule has 0 spiro atoms. The molecule has 2 aromatic rings. The van der Waals surface area contributed by atoms with Crippen molar-refractivity contribution in [2.24, 2.45) is 5.73 Å². The van der Waals surface area contributed by atoms with E-state index in [0.717, 1.165) is 17.1 Å². The summed E-state index contributed by atoms with van der Waals surface area (Å²) in [4.78, 5) is 4.28. The Morgan fingerprint density at radius 1 is 1.12 bits per heavy atom. The average molecular weight is 213 g/mol. The van der Waals surface area contributed by atoms with Gasteiger partial charge in [-0.15, -0.1) is 0 Å². The summed E-state index contributed by atoms with van der Waals surface area (Å²) < 4.78 is 0. The Hall–Kier alpha value is -1.87. The van der Waals surface area contributed by atoms with Crippen LogP contribution in [-0.2, 0) is 6.54 Å². The summed E-state index contributed by atoms with van der Waals surface area (Å²) in [7, 11) is 0. The molecule has 0 amide bonds. The van der Waals surface area contributed by atoms with Gasteiger partial charge in [0.1, 0.15) is 5.82 Å². The number of nitrogens with one attached hydrogen (secondary N) is 1. The van der Waals surface area contributed by atoms with E-state index in [4.69, 9.17) is 5.73 Å². The van der Waals surface area contributed by atoms with Crippen molar-refractivity contribution in [1.82, 2.24) is 4.98 Å². The van der Waals surface area contributed by atoms with Crippen molar-refractivity contribution in [3.05, 3.63) is 53.7 Å². The molecule has 0 aliphatic carbocycles. The van der Waals surface area contributed by atoms with Gasteiger partial charge in [0.2, 0.25) is 0 Å². The first-order valence-corrected chi connectivity index (χ1v) is 5.26. The molecule has 0 atom stereocenters. The van der Waals surface area contributed by atoms with E-state index >= 15 is 0 Å². The van der Waals surface area contributed by atoms with Crippen LogP contribution in [0.3, 0.4) is 0 Å². The molecule has 3 N–H and O–H groups in total. The van der Waals surface area contributed by atoms with E-state index in [1.165, 1.54) is 5.56 Å². The molecule has 0 bridgehead atoms. The van der Waals surface area contributed by atoms with Crippen LogP contribution in [0.4, 0.5) is 11.5 Å². The summed E-state index contributed by atoms with van der Waals surface area (Å²) >= 11 is 0. The number of aromatic nitrogens is 1. The summed E-state index contributed by atoms with van der Waals surface area (Å²) in [5.41, 5.74) is 8.83. The van der Waals surface area contributed by atoms with Crippen LogP contribution in [0.2, 0.25) is 0 Å². The first-order valence-electron chi connectivity index (χ1n) is 5.26. The van der Waals surface area contributed by atoms with Gasteiger partial charge in [-0.3, -0.25) is 0 Å². The Kier molecular flexibility index (Phi) is 3.17. The average Bonchev–Trinajstić information content (AvgIpc) is 2.33. The molecule has 3 nitrogen and oxygen atoms in total. The predicted octanol–water partition coefficient (Wildman–Crippen LogP) is 2.59. The van der Waals surface area contributed by atoms with Crippen LogP contribution in [0.1, 0.15) is 11.1 Å². The third-order valence-electron chi connectivity index (χ3n) is 2.38. The normalized spacial score (nSPS) is 10.1. The minimum atomic E-state index is 0.526. The second-order valence-electron chi connectivity index (χ2n) is 3.75. The molecule has 0 saturated carbocycles. The minimum Gasteiger partial charge on any atom is -0.340 e. The predicted molar refractivity (Wildman–Crippen MR) is 66.6 cm³/mol. The van der Waals surface area contributed by atoms with Gasteiger partial charge in [0.25, 0.3) is 0 Å². The Bertz CT molecular complexity index is 446. The smallest absolute Gasteiger partial charge is 0.130 e. The van der Waals surface area contributed by atoms with Crippen molar-refractivity contribution in [1.29, 1.82) is 0 Å². The Morgan fingerprint density at radius 2 is 1.88 bits per heavy atom. The first kappa shape index (κ1) is 10.6. The molecule has 0 aliphatic rings. The van der Waals surface area contributed by atoms with Crippen LogP contribution in [0, 0.1) is 6.92 Å². The highest BCUT2D eigenvalue weighted by Gasteiger charge is 1.95. The van der Waals surface area contributed by atoms with E-state index < -0.39 is 0 Å². The molecule has 0 unspecified atom stereocenters. The maximum Gasteiger partial charge on any atom is 0.130 e. The van der Waals surface area contributed by atoms with Crippen LogP contribution in [0.15, 0.2) is 42.6 Å². The van der Waals surface area contributed by atoms with Crippen molar-refractivity contribution >= 4 is 11.5 Å². The molecule has 1 heterocycles. The minimum absolute atomic E-state index is 0.526. The lowest BCUT2D eigenvalue weighted by Gasteiger charge is -2.06. The largest absolute Gasteiger partial charge is 0.340 e. The number of rotatable bonds is 3. The van der Waals surface area contributed by atoms with Gasteiger partial charge in [-0.1, -0.05) is 23.8 Å². The highest BCUT2D eigenvalue weighted by atomic mass is 15.0. The number of hydrogen-bond acceptors (Lipinski definition) is 3. The van der Waals surface area contributed by atoms with Gasteiger partial charge in [0, 0.05) is 18.4 Å². The van der Waals surface area contributed by atoms with Gasteiger partial charge < -0.3 is 11.1 Å². The molecule has 0 fully saturated rings. The number of aryl methyl sites for hydroxylation is 1. The molecule has 2 rings (SSSR count). The number of nitrogens with two attached hydrogens (primary N) is 1. The lowest BCUT2D eigenvalue weighted by molar-refractivity contribution is 1.05. The molecule has 0 saturated heterocycles. The summed E-state index contributed by atoms with van der Waals surface area (Å²) in [6.07, 6.45) is 1.79. The Labute approximate surface area is 95.3 Å². The van der Waals surface area contributed by atoms with E-state index in [0.29, 0.717) is 6.54 Å². The molecule has 1 aromatic carbocycles. The van der Waals surface area contributed by atoms with Gasteiger partial charge in [-0.05, 0) is 30.7 Å². The zero-order valence-corrected chi connectivity index (χ0v) is 9.27. The van der Waals surface area contributed by atoms with E-state index in [1.807, 2.05) is 24.3 Å². The molecular formula is C13H15N3. The summed E-state index contributed by atoms with van der Waals surface area (Å²) in [6.45, 7) is 2.59. The van der Waals surface area contributed by atoms with Gasteiger partial charge in [0.15, 0.2) is 0 Å². The third-order valence-corrected chi connectivity index (χ3v) is 2.38. The lowest BCUT2D eigenvalue weighted by Crippen LogP contribution is -1.98. The van der Waals surface area contributed by atoms with Gasteiger partial charge >= 0.3 is 0 Å². The number of benzene rings is 1. The maximum absolute atomic E-state index is 5.51. The van der Waals surface area contributed by atoms with Gasteiger partial charge in [0.05, 0.1) is 0 Å². The summed E-state index contributed by atoms with van der Waals surface area (Å²) in [5.74, 6) is 0.834. The molecule has 0 radical (unpaired) electrons. The quantitative estimate of drug-likeness (QED) is 0.824. The maximum atomic E-state index is 5.51. The van der Waals surface area contributed by atoms with Crippen LogP contribution >= 0.6 is 0 Å². The second kappa shape index (κ2) is 4.77. The van der Waals surface area contributed by atoms with Crippen LogP contribution in [0.25, 0.3) is 0 Å². The van der Waals surface area contributed by atoms with Crippen molar-refractivity contribution < 1.29 is 0 Å². The molecule has 3 heteroatoms. The molecule has 16 heavy (non-hydrogen) atoms. The molecule has 0 aliphatic heterocycles. The van der Waals surface area contributed by atoms with E-state index in [2.05, 4.69) is 29.4 Å². The van der Waals surface area contributed by atoms with Crippen molar-refractivity contribution in [2.45, 2.75) is 13.5 Å². The van der Waals surface area contributed by atoms with Crippen molar-refractivity contribution in [2.75, 3.05) is 5.32 Å². The van der Waals surface area contributed by atoms with Crippen molar-refractivity contribution in [3.8, 4) is 0 Å². The number of anilines is 2. The number of pyridine rings is 1. The fourth-order valence-electron chi connectivity index (χ4n) is 1.40. The SMILES string of the molecule is Cc1ccc(Nc2ccc(CN)cn2)cc1. The van der Waals surface area contributed by atoms with Gasteiger partial charge in [-0.2, -0.15) is 0 Å². The topological polar surface area (TPSA) is 50.9 Å². The zero-order chi connectivity index (χ0) is 11.4. The van der Waals surface area contributed by atoms with Crippen LogP contribution in [0.5, 0.6) is 0 Å². The van der Waals surface area contributed by atoms with Crippen molar-refractivity contribution in [3.63, 3.8) is 0 Å². The lowest BCUT2D eigenvalue weighted by atomic mass is 10.2. The van der Waals surface area contributed by atoms with E-state index in [-0.39, 0.29) is 0 Å². The zero-order valence-electron chi connectivity index (χ0n) is 9.27. The molecular weight excluding hydrogens is 198 g/mol. The summed E-state index contributed by atoms with van der Waals surface area (Å²) in [6, 6.07) is 12.1. The Morgan fingerprint density at radius 3 is 2.44 bits per heavy atom. The summed E-state index contributed by atoms with van der Waals surface area (Å²) in [5, 5.41) is 3.23. The highest BCUT2D eigenvalue weighted by Crippen LogP contribution is 2.14. The fraction of sp³-hybridized carbons (Fsp3) is 0.154. The second-order valence-corrected chi connectivity index (χ2v) is 3.75. The standard InChI is InChI=1S/C13H15N3/c1-10-2-5-12(6-3-10)16-13-7-4-11(8-14)9-15-13/h2-7,9H,8,14H2,1H3,(H,15,16). The number of hydrogen-bond donors (Lipinski definition) is 2. The van der Waals surface area contributed by atoms with Gasteiger partial charge in [-0.25, -0.2) is 4.98 Å². The first-order chi connectivity index (χ1) is 7.78. The third kappa shape index (κ3) is 2.58. The Balaban J connectivity index is 2.11. The van der Waals surface area contributed by atoms with E-state index in [9.17, 15) is 0 Å². The fourth-order valence-corrected chi connectivity index (χ4v) is 1.40. The molecule has 1 aromatic heterocycles. The van der Waals surface area contributed by atoms with Crippen LogP contribution < -0.4 is 11.1 Å². The molecule has 82 valence electrons. The highest BCUT2D eigenvalue weighted by molar-refractivity contribution is 5.56.